The molecule has 0 radical (unpaired) electrons. The number of halogens is 1. The molecule has 4 nitrogen and oxygen atoms in total. The summed E-state index contributed by atoms with van der Waals surface area (Å²) in [7, 11) is 0. The summed E-state index contributed by atoms with van der Waals surface area (Å²) in [5, 5.41) is 1.39. The molecular weight excluding hydrogens is 440 g/mol. The number of pyridine rings is 1. The molecule has 0 fully saturated rings. The van der Waals surface area contributed by atoms with Crippen LogP contribution in [0.3, 0.4) is 0 Å². The van der Waals surface area contributed by atoms with Crippen LogP contribution in [0.25, 0.3) is 16.7 Å². The SMILES string of the molecule is Clc1nccc2c1ccn2-c1cn(C(c2ccccc2)(c2ccccc2)c2ccccc2)cn1. The summed E-state index contributed by atoms with van der Waals surface area (Å²) in [6, 6.07) is 35.7. The summed E-state index contributed by atoms with van der Waals surface area (Å²) < 4.78 is 4.25. The van der Waals surface area contributed by atoms with E-state index in [-0.39, 0.29) is 0 Å². The van der Waals surface area contributed by atoms with E-state index >= 15 is 0 Å². The van der Waals surface area contributed by atoms with Gasteiger partial charge in [-0.1, -0.05) is 103 Å². The summed E-state index contributed by atoms with van der Waals surface area (Å²) >= 11 is 6.33. The van der Waals surface area contributed by atoms with Crippen molar-refractivity contribution in [2.24, 2.45) is 0 Å². The highest BCUT2D eigenvalue weighted by molar-refractivity contribution is 6.34. The lowest BCUT2D eigenvalue weighted by molar-refractivity contribution is 0.514. The van der Waals surface area contributed by atoms with Crippen molar-refractivity contribution in [1.82, 2.24) is 19.1 Å². The van der Waals surface area contributed by atoms with Gasteiger partial charge in [0.15, 0.2) is 5.82 Å². The first-order valence-electron chi connectivity index (χ1n) is 11.1. The van der Waals surface area contributed by atoms with Gasteiger partial charge in [-0.15, -0.1) is 0 Å². The number of benzene rings is 3. The van der Waals surface area contributed by atoms with Gasteiger partial charge in [0.2, 0.25) is 0 Å². The first kappa shape index (κ1) is 20.5. The van der Waals surface area contributed by atoms with Crippen molar-refractivity contribution in [3.05, 3.63) is 150 Å². The summed E-state index contributed by atoms with van der Waals surface area (Å²) in [5.41, 5.74) is 3.83. The molecule has 0 aliphatic heterocycles. The molecule has 3 aromatic carbocycles. The van der Waals surface area contributed by atoms with Crippen LogP contribution >= 0.6 is 11.6 Å². The molecule has 6 rings (SSSR count). The van der Waals surface area contributed by atoms with E-state index in [1.165, 1.54) is 0 Å². The number of nitrogens with zero attached hydrogens (tertiary/aromatic N) is 4. The largest absolute Gasteiger partial charge is 0.317 e. The predicted molar refractivity (Wildman–Crippen MR) is 136 cm³/mol. The van der Waals surface area contributed by atoms with Gasteiger partial charge in [-0.25, -0.2) is 9.97 Å². The Balaban J connectivity index is 1.64. The Kier molecular flexibility index (Phi) is 5.01. The van der Waals surface area contributed by atoms with E-state index < -0.39 is 5.54 Å². The van der Waals surface area contributed by atoms with E-state index in [2.05, 4.69) is 88.5 Å². The van der Waals surface area contributed by atoms with Crippen molar-refractivity contribution in [2.75, 3.05) is 0 Å². The molecule has 0 saturated heterocycles. The van der Waals surface area contributed by atoms with Crippen LogP contribution in [0.1, 0.15) is 16.7 Å². The third-order valence-electron chi connectivity index (χ3n) is 6.35. The molecule has 6 aromatic rings. The van der Waals surface area contributed by atoms with Crippen LogP contribution in [0.2, 0.25) is 5.15 Å². The quantitative estimate of drug-likeness (QED) is 0.211. The average molecular weight is 461 g/mol. The van der Waals surface area contributed by atoms with Crippen molar-refractivity contribution in [3.8, 4) is 5.82 Å². The minimum Gasteiger partial charge on any atom is -0.317 e. The van der Waals surface area contributed by atoms with Crippen molar-refractivity contribution in [1.29, 1.82) is 0 Å². The Bertz CT molecular complexity index is 1460. The number of hydrogen-bond acceptors (Lipinski definition) is 2. The number of fused-ring (bicyclic) bond motifs is 1. The van der Waals surface area contributed by atoms with Gasteiger partial charge >= 0.3 is 0 Å². The molecule has 3 heterocycles. The lowest BCUT2D eigenvalue weighted by Crippen LogP contribution is -2.36. The molecule has 0 saturated carbocycles. The molecule has 0 amide bonds. The molecule has 34 heavy (non-hydrogen) atoms. The fourth-order valence-corrected chi connectivity index (χ4v) is 5.05. The third-order valence-corrected chi connectivity index (χ3v) is 6.65. The maximum Gasteiger partial charge on any atom is 0.155 e. The summed E-state index contributed by atoms with van der Waals surface area (Å²) in [6.45, 7) is 0. The van der Waals surface area contributed by atoms with E-state index in [1.807, 2.05) is 47.4 Å². The van der Waals surface area contributed by atoms with Crippen LogP contribution in [0.4, 0.5) is 0 Å². The van der Waals surface area contributed by atoms with Crippen LogP contribution in [0, 0.1) is 0 Å². The second kappa shape index (κ2) is 8.32. The second-order valence-electron chi connectivity index (χ2n) is 8.17. The summed E-state index contributed by atoms with van der Waals surface area (Å²) in [5.74, 6) is 0.810. The van der Waals surface area contributed by atoms with Gasteiger partial charge < -0.3 is 4.57 Å². The highest BCUT2D eigenvalue weighted by Gasteiger charge is 2.38. The standard InChI is InChI=1S/C29H21ClN4/c30-28-25-17-19-34(26(25)16-18-31-28)27-20-33(21-32-27)29(22-10-4-1-5-11-22,23-12-6-2-7-13-23)24-14-8-3-9-15-24/h1-21H. The maximum absolute atomic E-state index is 6.33. The van der Waals surface area contributed by atoms with Crippen molar-refractivity contribution < 1.29 is 0 Å². The van der Waals surface area contributed by atoms with Crippen LogP contribution in [-0.2, 0) is 5.54 Å². The number of imidazole rings is 1. The van der Waals surface area contributed by atoms with Gasteiger partial charge in [-0.3, -0.25) is 4.57 Å². The normalized spacial score (nSPS) is 11.7. The molecule has 5 heteroatoms. The van der Waals surface area contributed by atoms with E-state index in [0.29, 0.717) is 5.15 Å². The van der Waals surface area contributed by atoms with Crippen molar-refractivity contribution >= 4 is 22.5 Å². The van der Waals surface area contributed by atoms with E-state index in [0.717, 1.165) is 33.4 Å². The average Bonchev–Trinajstić information content (AvgIpc) is 3.55. The Hall–Kier alpha value is -4.15. The summed E-state index contributed by atoms with van der Waals surface area (Å²) in [4.78, 5) is 9.05. The molecule has 164 valence electrons. The minimum atomic E-state index is -0.600. The van der Waals surface area contributed by atoms with Crippen molar-refractivity contribution in [2.45, 2.75) is 5.54 Å². The van der Waals surface area contributed by atoms with Gasteiger partial charge in [-0.2, -0.15) is 0 Å². The lowest BCUT2D eigenvalue weighted by atomic mass is 9.77. The zero-order valence-electron chi connectivity index (χ0n) is 18.3. The lowest BCUT2D eigenvalue weighted by Gasteiger charge is -2.37. The number of hydrogen-bond donors (Lipinski definition) is 0. The van der Waals surface area contributed by atoms with Gasteiger partial charge in [-0.05, 0) is 28.8 Å². The Labute approximate surface area is 202 Å². The smallest absolute Gasteiger partial charge is 0.155 e. The fourth-order valence-electron chi connectivity index (χ4n) is 4.84. The van der Waals surface area contributed by atoms with Crippen LogP contribution in [0.5, 0.6) is 0 Å². The Morgan fingerprint density at radius 1 is 0.647 bits per heavy atom. The molecule has 0 unspecified atom stereocenters. The zero-order valence-corrected chi connectivity index (χ0v) is 19.0. The first-order chi connectivity index (χ1) is 16.8. The van der Waals surface area contributed by atoms with Gasteiger partial charge in [0.1, 0.15) is 10.7 Å². The van der Waals surface area contributed by atoms with E-state index in [4.69, 9.17) is 16.6 Å². The van der Waals surface area contributed by atoms with Crippen LogP contribution in [0.15, 0.2) is 128 Å². The molecule has 0 spiro atoms. The van der Waals surface area contributed by atoms with Gasteiger partial charge in [0.25, 0.3) is 0 Å². The molecule has 0 N–H and O–H groups in total. The Morgan fingerprint density at radius 2 is 1.21 bits per heavy atom. The predicted octanol–water partition coefficient (Wildman–Crippen LogP) is 6.72. The first-order valence-corrected chi connectivity index (χ1v) is 11.5. The third kappa shape index (κ3) is 3.15. The van der Waals surface area contributed by atoms with E-state index in [1.54, 1.807) is 6.20 Å². The molecule has 0 aliphatic rings. The van der Waals surface area contributed by atoms with E-state index in [9.17, 15) is 0 Å². The number of rotatable bonds is 5. The van der Waals surface area contributed by atoms with Crippen LogP contribution < -0.4 is 0 Å². The monoisotopic (exact) mass is 460 g/mol. The molecule has 3 aromatic heterocycles. The maximum atomic E-state index is 6.33. The minimum absolute atomic E-state index is 0.489. The number of aromatic nitrogens is 4. The molecular formula is C29H21ClN4. The van der Waals surface area contributed by atoms with Gasteiger partial charge in [0.05, 0.1) is 18.0 Å². The second-order valence-corrected chi connectivity index (χ2v) is 8.53. The molecule has 0 atom stereocenters. The zero-order chi connectivity index (χ0) is 23.0. The van der Waals surface area contributed by atoms with Crippen molar-refractivity contribution in [3.63, 3.8) is 0 Å². The Morgan fingerprint density at radius 3 is 1.76 bits per heavy atom. The highest BCUT2D eigenvalue weighted by Crippen LogP contribution is 2.41. The fraction of sp³-hybridized carbons (Fsp3) is 0.0345. The summed E-state index contributed by atoms with van der Waals surface area (Å²) in [6.07, 6.45) is 7.72. The molecule has 0 aliphatic carbocycles. The van der Waals surface area contributed by atoms with Crippen LogP contribution in [-0.4, -0.2) is 19.1 Å². The van der Waals surface area contributed by atoms with Gasteiger partial charge in [0, 0.05) is 17.8 Å². The molecule has 0 bridgehead atoms. The highest BCUT2D eigenvalue weighted by atomic mass is 35.5. The topological polar surface area (TPSA) is 35.6 Å².